The number of carbonyl (C=O) groups is 1. The number of hydrogen-bond acceptors (Lipinski definition) is 2. The monoisotopic (exact) mass is 417 g/mol. The van der Waals surface area contributed by atoms with Crippen molar-refractivity contribution in [3.63, 3.8) is 0 Å². The molecular formula is C27H29O2S+. The lowest BCUT2D eigenvalue weighted by Crippen LogP contribution is -2.36. The van der Waals surface area contributed by atoms with E-state index in [2.05, 4.69) is 67.6 Å². The van der Waals surface area contributed by atoms with E-state index in [0.717, 1.165) is 32.1 Å². The highest BCUT2D eigenvalue weighted by Crippen LogP contribution is 2.35. The SMILES string of the molecule is CCC1(OC(=O)c2ccc([S+](c3ccccc3)c3ccccc3)cc2)CCCCC1. The van der Waals surface area contributed by atoms with Gasteiger partial charge >= 0.3 is 5.97 Å². The van der Waals surface area contributed by atoms with E-state index < -0.39 is 0 Å². The van der Waals surface area contributed by atoms with E-state index in [-0.39, 0.29) is 22.5 Å². The highest BCUT2D eigenvalue weighted by Gasteiger charge is 2.35. The molecule has 30 heavy (non-hydrogen) atoms. The van der Waals surface area contributed by atoms with Crippen LogP contribution in [0.2, 0.25) is 0 Å². The van der Waals surface area contributed by atoms with Gasteiger partial charge in [-0.2, -0.15) is 0 Å². The van der Waals surface area contributed by atoms with Crippen molar-refractivity contribution in [2.45, 2.75) is 65.7 Å². The van der Waals surface area contributed by atoms with Crippen LogP contribution in [0.4, 0.5) is 0 Å². The van der Waals surface area contributed by atoms with Crippen molar-refractivity contribution in [1.82, 2.24) is 0 Å². The number of carbonyl (C=O) groups excluding carboxylic acids is 1. The summed E-state index contributed by atoms with van der Waals surface area (Å²) in [5, 5.41) is 0. The van der Waals surface area contributed by atoms with Gasteiger partial charge in [0, 0.05) is 0 Å². The van der Waals surface area contributed by atoms with Crippen molar-refractivity contribution in [3.8, 4) is 0 Å². The summed E-state index contributed by atoms with van der Waals surface area (Å²) in [6, 6.07) is 29.1. The first-order valence-electron chi connectivity index (χ1n) is 10.9. The summed E-state index contributed by atoms with van der Waals surface area (Å²) < 4.78 is 6.05. The standard InChI is InChI=1S/C27H29O2S/c1-2-27(20-10-5-11-21-27)29-26(28)22-16-18-25(19-17-22)30(23-12-6-3-7-13-23)24-14-8-4-9-15-24/h3-4,6-9,12-19H,2,5,10-11,20-21H2,1H3/q+1. The van der Waals surface area contributed by atoms with E-state index >= 15 is 0 Å². The third kappa shape index (κ3) is 4.62. The first-order chi connectivity index (χ1) is 14.7. The minimum atomic E-state index is -0.271. The van der Waals surface area contributed by atoms with Gasteiger partial charge < -0.3 is 4.74 Å². The van der Waals surface area contributed by atoms with E-state index in [0.29, 0.717) is 5.56 Å². The van der Waals surface area contributed by atoms with Crippen molar-refractivity contribution in [2.75, 3.05) is 0 Å². The van der Waals surface area contributed by atoms with Gasteiger partial charge in [0.25, 0.3) is 0 Å². The number of ether oxygens (including phenoxy) is 1. The zero-order valence-corrected chi connectivity index (χ0v) is 18.4. The molecule has 0 aromatic heterocycles. The molecular weight excluding hydrogens is 388 g/mol. The van der Waals surface area contributed by atoms with Crippen molar-refractivity contribution in [1.29, 1.82) is 0 Å². The fraction of sp³-hybridized carbons (Fsp3) is 0.296. The predicted octanol–water partition coefficient (Wildman–Crippen LogP) is 7.05. The summed E-state index contributed by atoms with van der Waals surface area (Å²) in [6.07, 6.45) is 6.41. The van der Waals surface area contributed by atoms with E-state index in [9.17, 15) is 4.79 Å². The molecule has 1 aliphatic carbocycles. The molecule has 0 saturated heterocycles. The molecule has 1 aliphatic rings. The average Bonchev–Trinajstić information content (AvgIpc) is 2.82. The Labute approximate surface area is 182 Å². The first kappa shape index (κ1) is 20.7. The second-order valence-electron chi connectivity index (χ2n) is 7.94. The molecule has 0 unspecified atom stereocenters. The Kier molecular flexibility index (Phi) is 6.59. The highest BCUT2D eigenvalue weighted by molar-refractivity contribution is 7.97. The quantitative estimate of drug-likeness (QED) is 0.317. The molecule has 0 spiro atoms. The number of rotatable bonds is 6. The van der Waals surface area contributed by atoms with E-state index in [4.69, 9.17) is 4.74 Å². The zero-order valence-electron chi connectivity index (χ0n) is 17.6. The summed E-state index contributed by atoms with van der Waals surface area (Å²) in [7, 11) is -0.204. The molecule has 3 heteroatoms. The van der Waals surface area contributed by atoms with Crippen LogP contribution in [0, 0.1) is 0 Å². The maximum atomic E-state index is 12.9. The topological polar surface area (TPSA) is 26.3 Å². The molecule has 0 amide bonds. The first-order valence-corrected chi connectivity index (χ1v) is 12.1. The Morgan fingerprint density at radius 3 is 1.77 bits per heavy atom. The van der Waals surface area contributed by atoms with Crippen molar-refractivity contribution in [3.05, 3.63) is 90.5 Å². The van der Waals surface area contributed by atoms with E-state index in [1.165, 1.54) is 21.1 Å². The third-order valence-electron chi connectivity index (χ3n) is 6.00. The minimum Gasteiger partial charge on any atom is -0.455 e. The van der Waals surface area contributed by atoms with Crippen molar-refractivity contribution in [2.24, 2.45) is 0 Å². The molecule has 0 bridgehead atoms. The molecule has 2 nitrogen and oxygen atoms in total. The lowest BCUT2D eigenvalue weighted by atomic mass is 9.82. The van der Waals surface area contributed by atoms with Crippen molar-refractivity contribution >= 4 is 16.9 Å². The second-order valence-corrected chi connectivity index (χ2v) is 9.97. The maximum absolute atomic E-state index is 12.9. The second kappa shape index (κ2) is 9.53. The number of hydrogen-bond donors (Lipinski definition) is 0. The van der Waals surface area contributed by atoms with E-state index in [1.54, 1.807) is 0 Å². The average molecular weight is 418 g/mol. The van der Waals surface area contributed by atoms with Crippen molar-refractivity contribution < 1.29 is 9.53 Å². The predicted molar refractivity (Wildman–Crippen MR) is 123 cm³/mol. The van der Waals surface area contributed by atoms with Gasteiger partial charge in [-0.05, 0) is 80.6 Å². The van der Waals surface area contributed by atoms with Gasteiger partial charge in [0.15, 0.2) is 14.7 Å². The summed E-state index contributed by atoms with van der Waals surface area (Å²) >= 11 is 0. The zero-order chi connectivity index (χ0) is 20.8. The van der Waals surface area contributed by atoms with Crippen LogP contribution in [0.1, 0.15) is 55.8 Å². The Morgan fingerprint density at radius 1 is 0.767 bits per heavy atom. The molecule has 0 aliphatic heterocycles. The minimum absolute atomic E-state index is 0.190. The molecule has 0 heterocycles. The smallest absolute Gasteiger partial charge is 0.338 e. The van der Waals surface area contributed by atoms with Crippen LogP contribution in [0.3, 0.4) is 0 Å². The largest absolute Gasteiger partial charge is 0.455 e. The summed E-state index contributed by atoms with van der Waals surface area (Å²) in [6.45, 7) is 2.13. The molecule has 3 aromatic rings. The van der Waals surface area contributed by atoms with Gasteiger partial charge in [-0.1, -0.05) is 49.7 Å². The van der Waals surface area contributed by atoms with Crippen LogP contribution in [-0.2, 0) is 15.6 Å². The Bertz CT molecular complexity index is 906. The van der Waals surface area contributed by atoms with Gasteiger partial charge in [0.05, 0.1) is 16.5 Å². The van der Waals surface area contributed by atoms with Crippen LogP contribution in [0.15, 0.2) is 99.6 Å². The normalized spacial score (nSPS) is 15.7. The van der Waals surface area contributed by atoms with Gasteiger partial charge in [-0.3, -0.25) is 0 Å². The highest BCUT2D eigenvalue weighted by atomic mass is 32.2. The van der Waals surface area contributed by atoms with Gasteiger partial charge in [0.2, 0.25) is 0 Å². The maximum Gasteiger partial charge on any atom is 0.338 e. The Balaban J connectivity index is 1.58. The molecule has 3 aromatic carbocycles. The van der Waals surface area contributed by atoms with Gasteiger partial charge in [-0.15, -0.1) is 0 Å². The molecule has 154 valence electrons. The number of esters is 1. The molecule has 4 rings (SSSR count). The van der Waals surface area contributed by atoms with Crippen LogP contribution in [0.5, 0.6) is 0 Å². The van der Waals surface area contributed by atoms with Gasteiger partial charge in [-0.25, -0.2) is 4.79 Å². The fourth-order valence-electron chi connectivity index (χ4n) is 4.23. The molecule has 1 fully saturated rings. The molecule has 0 N–H and O–H groups in total. The van der Waals surface area contributed by atoms with Crippen LogP contribution < -0.4 is 0 Å². The molecule has 1 saturated carbocycles. The summed E-state index contributed by atoms with van der Waals surface area (Å²) in [4.78, 5) is 16.6. The van der Waals surface area contributed by atoms with E-state index in [1.807, 2.05) is 24.3 Å². The van der Waals surface area contributed by atoms with Crippen LogP contribution >= 0.6 is 0 Å². The lowest BCUT2D eigenvalue weighted by Gasteiger charge is -2.36. The Hall–Kier alpha value is -2.52. The summed E-state index contributed by atoms with van der Waals surface area (Å²) in [5.41, 5.74) is 0.369. The fourth-order valence-corrected chi connectivity index (χ4v) is 6.31. The molecule has 0 radical (unpaired) electrons. The number of benzene rings is 3. The molecule has 0 atom stereocenters. The van der Waals surface area contributed by atoms with Crippen LogP contribution in [0.25, 0.3) is 0 Å². The summed E-state index contributed by atoms with van der Waals surface area (Å²) in [5.74, 6) is -0.190. The van der Waals surface area contributed by atoms with Crippen LogP contribution in [-0.4, -0.2) is 11.6 Å². The van der Waals surface area contributed by atoms with Gasteiger partial charge in [0.1, 0.15) is 5.60 Å². The third-order valence-corrected chi connectivity index (χ3v) is 8.23. The Morgan fingerprint density at radius 2 is 1.27 bits per heavy atom. The lowest BCUT2D eigenvalue weighted by molar-refractivity contribution is -0.0397.